The lowest BCUT2D eigenvalue weighted by molar-refractivity contribution is -0.132. The minimum atomic E-state index is -1.14. The molecule has 1 aliphatic rings. The van der Waals surface area contributed by atoms with Gasteiger partial charge >= 0.3 is 6.03 Å². The van der Waals surface area contributed by atoms with Crippen molar-refractivity contribution in [3.05, 3.63) is 69.9 Å². The summed E-state index contributed by atoms with van der Waals surface area (Å²) in [5, 5.41) is 2.79. The Morgan fingerprint density at radius 1 is 1.08 bits per heavy atom. The highest BCUT2D eigenvalue weighted by atomic mass is 79.9. The summed E-state index contributed by atoms with van der Waals surface area (Å²) in [6.07, 6.45) is 0.389. The molecule has 0 bridgehead atoms. The molecule has 2 aromatic carbocycles. The van der Waals surface area contributed by atoms with E-state index < -0.39 is 11.6 Å². The lowest BCUT2D eigenvalue weighted by Gasteiger charge is -2.25. The summed E-state index contributed by atoms with van der Waals surface area (Å²) in [6, 6.07) is 12.7. The van der Waals surface area contributed by atoms with Crippen molar-refractivity contribution in [2.45, 2.75) is 25.4 Å². The maximum absolute atomic E-state index is 13.2. The number of hydrogen-bond donors (Lipinski definition) is 1. The van der Waals surface area contributed by atoms with Crippen LogP contribution in [0.15, 0.2) is 53.0 Å². The molecule has 3 rings (SSSR count). The molecule has 0 spiro atoms. The Bertz CT molecular complexity index is 777. The van der Waals surface area contributed by atoms with E-state index in [-0.39, 0.29) is 18.3 Å². The standard InChI is InChI=1S/C18H16BrFN2O2/c1-2-18(13-5-9-15(20)10-6-13)16(23)22(17(24)21-18)11-12-3-7-14(19)8-4-12/h3-10H,2,11H2,1H3,(H,21,24). The number of carbonyl (C=O) groups is 2. The van der Waals surface area contributed by atoms with Crippen molar-refractivity contribution in [2.75, 3.05) is 0 Å². The zero-order valence-corrected chi connectivity index (χ0v) is 14.6. The van der Waals surface area contributed by atoms with Crippen molar-refractivity contribution >= 4 is 27.9 Å². The van der Waals surface area contributed by atoms with E-state index in [9.17, 15) is 14.0 Å². The predicted octanol–water partition coefficient (Wildman–Crippen LogP) is 3.95. The molecule has 0 aromatic heterocycles. The summed E-state index contributed by atoms with van der Waals surface area (Å²) in [5.74, 6) is -0.696. The van der Waals surface area contributed by atoms with Gasteiger partial charge in [0.25, 0.3) is 5.91 Å². The zero-order valence-electron chi connectivity index (χ0n) is 13.1. The van der Waals surface area contributed by atoms with Gasteiger partial charge in [0.05, 0.1) is 6.54 Å². The highest BCUT2D eigenvalue weighted by molar-refractivity contribution is 9.10. The van der Waals surface area contributed by atoms with Crippen molar-refractivity contribution in [1.82, 2.24) is 10.2 Å². The molecule has 124 valence electrons. The fraction of sp³-hybridized carbons (Fsp3) is 0.222. The second-order valence-corrected chi connectivity index (χ2v) is 6.63. The molecule has 1 atom stereocenters. The molecular weight excluding hydrogens is 375 g/mol. The summed E-state index contributed by atoms with van der Waals surface area (Å²) in [5.41, 5.74) is 0.302. The number of nitrogens with zero attached hydrogens (tertiary/aromatic N) is 1. The lowest BCUT2D eigenvalue weighted by atomic mass is 9.87. The van der Waals surface area contributed by atoms with Crippen LogP contribution in [0, 0.1) is 5.82 Å². The third-order valence-electron chi connectivity index (χ3n) is 4.30. The molecule has 1 heterocycles. The minimum absolute atomic E-state index is 0.195. The number of carbonyl (C=O) groups excluding carboxylic acids is 2. The largest absolute Gasteiger partial charge is 0.325 e. The minimum Gasteiger partial charge on any atom is -0.319 e. The van der Waals surface area contributed by atoms with Crippen molar-refractivity contribution in [3.63, 3.8) is 0 Å². The SMILES string of the molecule is CCC1(c2ccc(F)cc2)NC(=O)N(Cc2ccc(Br)cc2)C1=O. The Kier molecular flexibility index (Phi) is 4.41. The number of halogens is 2. The van der Waals surface area contributed by atoms with Crippen LogP contribution < -0.4 is 5.32 Å². The van der Waals surface area contributed by atoms with Gasteiger partial charge in [-0.25, -0.2) is 9.18 Å². The van der Waals surface area contributed by atoms with Crippen LogP contribution in [0.4, 0.5) is 9.18 Å². The van der Waals surface area contributed by atoms with Crippen LogP contribution in [-0.4, -0.2) is 16.8 Å². The average Bonchev–Trinajstić information content (AvgIpc) is 2.82. The van der Waals surface area contributed by atoms with Gasteiger partial charge < -0.3 is 5.32 Å². The summed E-state index contributed by atoms with van der Waals surface area (Å²) >= 11 is 3.36. The average molecular weight is 391 g/mol. The van der Waals surface area contributed by atoms with E-state index in [1.54, 1.807) is 12.1 Å². The molecule has 0 radical (unpaired) electrons. The van der Waals surface area contributed by atoms with E-state index in [1.807, 2.05) is 31.2 Å². The molecular formula is C18H16BrFN2O2. The summed E-state index contributed by atoms with van der Waals surface area (Å²) in [4.78, 5) is 26.6. The molecule has 2 aromatic rings. The molecule has 1 aliphatic heterocycles. The van der Waals surface area contributed by atoms with Crippen molar-refractivity contribution in [2.24, 2.45) is 0 Å². The number of nitrogens with one attached hydrogen (secondary N) is 1. The Morgan fingerprint density at radius 3 is 2.29 bits per heavy atom. The molecule has 6 heteroatoms. The fourth-order valence-electron chi connectivity index (χ4n) is 2.92. The van der Waals surface area contributed by atoms with Gasteiger partial charge in [-0.15, -0.1) is 0 Å². The predicted molar refractivity (Wildman–Crippen MR) is 91.6 cm³/mol. The summed E-state index contributed by atoms with van der Waals surface area (Å²) in [7, 11) is 0. The monoisotopic (exact) mass is 390 g/mol. The van der Waals surface area contributed by atoms with Gasteiger partial charge in [-0.3, -0.25) is 9.69 Å². The van der Waals surface area contributed by atoms with Crippen LogP contribution in [0.5, 0.6) is 0 Å². The third kappa shape index (κ3) is 2.82. The van der Waals surface area contributed by atoms with Gasteiger partial charge in [-0.1, -0.05) is 47.1 Å². The fourth-order valence-corrected chi connectivity index (χ4v) is 3.18. The lowest BCUT2D eigenvalue weighted by Crippen LogP contribution is -2.43. The zero-order chi connectivity index (χ0) is 17.3. The highest BCUT2D eigenvalue weighted by Crippen LogP contribution is 2.33. The first kappa shape index (κ1) is 16.6. The van der Waals surface area contributed by atoms with Crippen LogP contribution in [-0.2, 0) is 16.9 Å². The quantitative estimate of drug-likeness (QED) is 0.803. The number of amides is 3. The van der Waals surface area contributed by atoms with Crippen LogP contribution in [0.25, 0.3) is 0 Å². The molecule has 3 amide bonds. The number of benzene rings is 2. The normalized spacial score (nSPS) is 20.4. The summed E-state index contributed by atoms with van der Waals surface area (Å²) in [6.45, 7) is 2.02. The Balaban J connectivity index is 1.91. The van der Waals surface area contributed by atoms with Gasteiger partial charge in [-0.2, -0.15) is 0 Å². The first-order valence-electron chi connectivity index (χ1n) is 7.61. The van der Waals surface area contributed by atoms with Crippen LogP contribution in [0.3, 0.4) is 0 Å². The highest BCUT2D eigenvalue weighted by Gasteiger charge is 2.51. The van der Waals surface area contributed by atoms with Gasteiger partial charge in [0.2, 0.25) is 0 Å². The second kappa shape index (κ2) is 6.36. The number of imide groups is 1. The first-order chi connectivity index (χ1) is 11.5. The number of rotatable bonds is 4. The van der Waals surface area contributed by atoms with Crippen molar-refractivity contribution in [3.8, 4) is 0 Å². The molecule has 0 saturated carbocycles. The number of urea groups is 1. The molecule has 1 unspecified atom stereocenters. The van der Waals surface area contributed by atoms with Crippen LogP contribution in [0.1, 0.15) is 24.5 Å². The third-order valence-corrected chi connectivity index (χ3v) is 4.83. The van der Waals surface area contributed by atoms with Gasteiger partial charge in [0.1, 0.15) is 11.4 Å². The van der Waals surface area contributed by atoms with Crippen molar-refractivity contribution < 1.29 is 14.0 Å². The van der Waals surface area contributed by atoms with Crippen LogP contribution >= 0.6 is 15.9 Å². The van der Waals surface area contributed by atoms with E-state index in [0.29, 0.717) is 12.0 Å². The van der Waals surface area contributed by atoms with Gasteiger partial charge in [-0.05, 0) is 41.8 Å². The Labute approximate surface area is 147 Å². The maximum Gasteiger partial charge on any atom is 0.325 e. The molecule has 1 N–H and O–H groups in total. The molecule has 1 saturated heterocycles. The maximum atomic E-state index is 13.2. The van der Waals surface area contributed by atoms with Gasteiger partial charge in [0, 0.05) is 4.47 Å². The summed E-state index contributed by atoms with van der Waals surface area (Å²) < 4.78 is 14.1. The Hall–Kier alpha value is -2.21. The molecule has 0 aliphatic carbocycles. The Morgan fingerprint density at radius 2 is 1.71 bits per heavy atom. The van der Waals surface area contributed by atoms with E-state index >= 15 is 0 Å². The smallest absolute Gasteiger partial charge is 0.319 e. The number of hydrogen-bond acceptors (Lipinski definition) is 2. The second-order valence-electron chi connectivity index (χ2n) is 5.71. The molecule has 1 fully saturated rings. The van der Waals surface area contributed by atoms with E-state index in [4.69, 9.17) is 0 Å². The van der Waals surface area contributed by atoms with E-state index in [2.05, 4.69) is 21.2 Å². The topological polar surface area (TPSA) is 49.4 Å². The van der Waals surface area contributed by atoms with Gasteiger partial charge in [0.15, 0.2) is 0 Å². The van der Waals surface area contributed by atoms with Crippen LogP contribution in [0.2, 0.25) is 0 Å². The first-order valence-corrected chi connectivity index (χ1v) is 8.40. The van der Waals surface area contributed by atoms with E-state index in [1.165, 1.54) is 17.0 Å². The molecule has 24 heavy (non-hydrogen) atoms. The van der Waals surface area contributed by atoms with Crippen molar-refractivity contribution in [1.29, 1.82) is 0 Å². The molecule has 4 nitrogen and oxygen atoms in total. The van der Waals surface area contributed by atoms with E-state index in [0.717, 1.165) is 10.0 Å².